The second kappa shape index (κ2) is 9.84. The number of sulfonamides is 1. The Bertz CT molecular complexity index is 991. The number of carbonyl (C=O) groups excluding carboxylic acids is 1. The maximum absolute atomic E-state index is 13.0. The van der Waals surface area contributed by atoms with E-state index in [2.05, 4.69) is 5.32 Å². The van der Waals surface area contributed by atoms with Crippen LogP contribution in [0, 0.1) is 6.92 Å². The molecule has 7 nitrogen and oxygen atoms in total. The molecule has 2 aromatic carbocycles. The molecular weight excluding hydrogens is 404 g/mol. The van der Waals surface area contributed by atoms with Crippen LogP contribution in [0.25, 0.3) is 0 Å². The molecule has 0 spiro atoms. The maximum Gasteiger partial charge on any atom is 0.244 e. The summed E-state index contributed by atoms with van der Waals surface area (Å²) in [5.74, 6) is 0.895. The zero-order valence-electron chi connectivity index (χ0n) is 18.3. The van der Waals surface area contributed by atoms with Crippen molar-refractivity contribution in [1.82, 2.24) is 5.32 Å². The van der Waals surface area contributed by atoms with Crippen molar-refractivity contribution < 1.29 is 22.7 Å². The number of nitrogens with zero attached hydrogens (tertiary/aromatic N) is 1. The van der Waals surface area contributed by atoms with Crippen LogP contribution in [0.3, 0.4) is 0 Å². The fourth-order valence-electron chi connectivity index (χ4n) is 3.39. The van der Waals surface area contributed by atoms with Gasteiger partial charge in [0.05, 0.1) is 32.2 Å². The normalized spacial score (nSPS) is 13.3. The van der Waals surface area contributed by atoms with E-state index in [1.165, 1.54) is 7.11 Å². The average Bonchev–Trinajstić information content (AvgIpc) is 2.70. The van der Waals surface area contributed by atoms with E-state index >= 15 is 0 Å². The Hall–Kier alpha value is -2.74. The van der Waals surface area contributed by atoms with Crippen molar-refractivity contribution in [2.45, 2.75) is 39.3 Å². The molecule has 0 aliphatic rings. The van der Waals surface area contributed by atoms with E-state index in [0.717, 1.165) is 27.4 Å². The number of carbonyl (C=O) groups is 1. The summed E-state index contributed by atoms with van der Waals surface area (Å²) in [6, 6.07) is 11.2. The minimum absolute atomic E-state index is 0.253. The summed E-state index contributed by atoms with van der Waals surface area (Å²) in [7, 11) is -0.595. The average molecular weight is 435 g/mol. The number of benzene rings is 2. The second-order valence-corrected chi connectivity index (χ2v) is 8.99. The Labute approximate surface area is 179 Å². The Morgan fingerprint density at radius 2 is 1.83 bits per heavy atom. The van der Waals surface area contributed by atoms with Crippen LogP contribution >= 0.6 is 0 Å². The third-order valence-corrected chi connectivity index (χ3v) is 6.18. The molecular formula is C22H30N2O5S. The number of rotatable bonds is 9. The number of methoxy groups -OCH3 is 2. The summed E-state index contributed by atoms with van der Waals surface area (Å²) in [6.45, 7) is 5.47. The van der Waals surface area contributed by atoms with Crippen LogP contribution in [-0.4, -0.2) is 40.8 Å². The molecule has 0 unspecified atom stereocenters. The van der Waals surface area contributed by atoms with Gasteiger partial charge in [0.25, 0.3) is 0 Å². The Kier molecular flexibility index (Phi) is 7.72. The summed E-state index contributed by atoms with van der Waals surface area (Å²) >= 11 is 0. The monoisotopic (exact) mass is 434 g/mol. The lowest BCUT2D eigenvalue weighted by Crippen LogP contribution is -2.48. The molecule has 1 amide bonds. The Morgan fingerprint density at radius 3 is 2.37 bits per heavy atom. The van der Waals surface area contributed by atoms with Gasteiger partial charge in [-0.05, 0) is 49.6 Å². The van der Waals surface area contributed by atoms with Crippen LogP contribution in [0.5, 0.6) is 11.5 Å². The van der Waals surface area contributed by atoms with Gasteiger partial charge in [-0.15, -0.1) is 0 Å². The van der Waals surface area contributed by atoms with Crippen LogP contribution in [-0.2, 0) is 14.8 Å². The molecule has 0 aliphatic heterocycles. The highest BCUT2D eigenvalue weighted by molar-refractivity contribution is 7.92. The van der Waals surface area contributed by atoms with Gasteiger partial charge in [-0.3, -0.25) is 9.10 Å². The van der Waals surface area contributed by atoms with E-state index in [9.17, 15) is 13.2 Å². The van der Waals surface area contributed by atoms with Gasteiger partial charge in [-0.1, -0.05) is 25.1 Å². The topological polar surface area (TPSA) is 84.9 Å². The third-order valence-electron chi connectivity index (χ3n) is 4.94. The van der Waals surface area contributed by atoms with Gasteiger partial charge >= 0.3 is 0 Å². The molecule has 0 aromatic heterocycles. The molecule has 0 saturated heterocycles. The van der Waals surface area contributed by atoms with Gasteiger partial charge in [0.1, 0.15) is 17.5 Å². The van der Waals surface area contributed by atoms with E-state index < -0.39 is 16.1 Å². The van der Waals surface area contributed by atoms with Crippen LogP contribution in [0.4, 0.5) is 5.69 Å². The molecule has 164 valence electrons. The Balaban J connectivity index is 2.30. The van der Waals surface area contributed by atoms with E-state index in [-0.39, 0.29) is 11.9 Å². The third kappa shape index (κ3) is 5.44. The van der Waals surface area contributed by atoms with Gasteiger partial charge < -0.3 is 14.8 Å². The lowest BCUT2D eigenvalue weighted by atomic mass is 10.0. The van der Waals surface area contributed by atoms with Gasteiger partial charge in [0.15, 0.2) is 0 Å². The lowest BCUT2D eigenvalue weighted by Gasteiger charge is -2.30. The number of hydrogen-bond donors (Lipinski definition) is 1. The molecule has 0 bridgehead atoms. The Morgan fingerprint density at radius 1 is 1.13 bits per heavy atom. The van der Waals surface area contributed by atoms with E-state index in [1.807, 2.05) is 32.0 Å². The van der Waals surface area contributed by atoms with Crippen molar-refractivity contribution >= 4 is 21.6 Å². The number of hydrogen-bond acceptors (Lipinski definition) is 5. The highest BCUT2D eigenvalue weighted by Gasteiger charge is 2.30. The van der Waals surface area contributed by atoms with E-state index in [1.54, 1.807) is 38.3 Å². The van der Waals surface area contributed by atoms with Gasteiger partial charge in [-0.25, -0.2) is 8.42 Å². The summed E-state index contributed by atoms with van der Waals surface area (Å²) in [4.78, 5) is 13.0. The largest absolute Gasteiger partial charge is 0.497 e. The van der Waals surface area contributed by atoms with Crippen molar-refractivity contribution in [2.24, 2.45) is 0 Å². The molecule has 0 radical (unpaired) electrons. The fraction of sp³-hybridized carbons (Fsp3) is 0.409. The van der Waals surface area contributed by atoms with Crippen LogP contribution < -0.4 is 19.1 Å². The summed E-state index contributed by atoms with van der Waals surface area (Å²) in [6.07, 6.45) is 1.74. The number of anilines is 1. The van der Waals surface area contributed by atoms with Crippen LogP contribution in [0.15, 0.2) is 42.5 Å². The van der Waals surface area contributed by atoms with Gasteiger partial charge in [0, 0.05) is 6.07 Å². The molecule has 2 aromatic rings. The highest BCUT2D eigenvalue weighted by Crippen LogP contribution is 2.27. The molecule has 2 rings (SSSR count). The van der Waals surface area contributed by atoms with E-state index in [4.69, 9.17) is 9.47 Å². The van der Waals surface area contributed by atoms with Crippen molar-refractivity contribution in [3.05, 3.63) is 53.6 Å². The summed E-state index contributed by atoms with van der Waals surface area (Å²) < 4.78 is 36.6. The predicted molar refractivity (Wildman–Crippen MR) is 119 cm³/mol. The molecule has 0 heterocycles. The predicted octanol–water partition coefficient (Wildman–Crippen LogP) is 3.43. The van der Waals surface area contributed by atoms with Crippen LogP contribution in [0.1, 0.15) is 37.4 Å². The highest BCUT2D eigenvalue weighted by atomic mass is 32.2. The first-order valence-electron chi connectivity index (χ1n) is 9.70. The molecule has 0 saturated carbocycles. The lowest BCUT2D eigenvalue weighted by molar-refractivity contribution is -0.122. The van der Waals surface area contributed by atoms with Gasteiger partial charge in [0.2, 0.25) is 15.9 Å². The van der Waals surface area contributed by atoms with Gasteiger partial charge in [-0.2, -0.15) is 0 Å². The fourth-order valence-corrected chi connectivity index (χ4v) is 4.55. The molecule has 8 heteroatoms. The van der Waals surface area contributed by atoms with Crippen molar-refractivity contribution in [3.63, 3.8) is 0 Å². The molecule has 0 aliphatic carbocycles. The number of nitrogens with one attached hydrogen (secondary N) is 1. The number of amides is 1. The first-order valence-corrected chi connectivity index (χ1v) is 11.6. The van der Waals surface area contributed by atoms with Crippen molar-refractivity contribution in [1.29, 1.82) is 0 Å². The van der Waals surface area contributed by atoms with Crippen LogP contribution in [0.2, 0.25) is 0 Å². The number of aryl methyl sites for hydroxylation is 1. The smallest absolute Gasteiger partial charge is 0.244 e. The molecule has 2 atom stereocenters. The first-order chi connectivity index (χ1) is 14.1. The van der Waals surface area contributed by atoms with E-state index in [0.29, 0.717) is 17.9 Å². The zero-order valence-corrected chi connectivity index (χ0v) is 19.1. The zero-order chi connectivity index (χ0) is 22.5. The minimum Gasteiger partial charge on any atom is -0.497 e. The van der Waals surface area contributed by atoms with Crippen molar-refractivity contribution in [3.8, 4) is 11.5 Å². The number of ether oxygens (including phenoxy) is 2. The maximum atomic E-state index is 13.0. The SMILES string of the molecule is CC[C@@H](NC(=O)[C@@H](C)N(c1cccc(OC)c1)S(C)(=O)=O)c1ccc(OC)c(C)c1. The minimum atomic E-state index is -3.71. The standard InChI is InChI=1S/C22H30N2O5S/c1-7-20(17-11-12-21(29-5)15(2)13-17)23-22(25)16(3)24(30(6,26)27)18-9-8-10-19(14-18)28-4/h8-14,16,20H,7H2,1-6H3,(H,23,25)/t16-,20-/m1/s1. The molecule has 0 fully saturated rings. The quantitative estimate of drug-likeness (QED) is 0.654. The molecule has 30 heavy (non-hydrogen) atoms. The first kappa shape index (κ1) is 23.5. The second-order valence-electron chi connectivity index (χ2n) is 7.13. The van der Waals surface area contributed by atoms with Crippen molar-refractivity contribution in [2.75, 3.05) is 24.8 Å². The summed E-state index contributed by atoms with van der Waals surface area (Å²) in [5, 5.41) is 2.98. The summed E-state index contributed by atoms with van der Waals surface area (Å²) in [5.41, 5.74) is 2.27. The molecule has 1 N–H and O–H groups in total.